The number of alkyl halides is 1. The van der Waals surface area contributed by atoms with Gasteiger partial charge in [0.25, 0.3) is 0 Å². The second-order valence-corrected chi connectivity index (χ2v) is 8.36. The van der Waals surface area contributed by atoms with Crippen LogP contribution in [0.1, 0.15) is 39.6 Å². The summed E-state index contributed by atoms with van der Waals surface area (Å²) in [5.41, 5.74) is 1.70. The maximum atomic E-state index is 14.2. The zero-order valence-corrected chi connectivity index (χ0v) is 18.5. The summed E-state index contributed by atoms with van der Waals surface area (Å²) in [6.07, 6.45) is 0.0902. The van der Waals surface area contributed by atoms with Gasteiger partial charge in [-0.1, -0.05) is 30.3 Å². The van der Waals surface area contributed by atoms with Crippen LogP contribution in [-0.4, -0.2) is 56.9 Å². The molecule has 0 aliphatic carbocycles. The molecule has 3 aromatic rings. The van der Waals surface area contributed by atoms with Gasteiger partial charge in [-0.2, -0.15) is 0 Å². The van der Waals surface area contributed by atoms with E-state index in [4.69, 9.17) is 0 Å². The number of Topliss-reactive ketones (excluding diaryl/α,β-unsaturated/α-hetero) is 1. The zero-order valence-electron chi connectivity index (χ0n) is 18.5. The van der Waals surface area contributed by atoms with Gasteiger partial charge in [0.1, 0.15) is 18.8 Å². The standard InChI is InChI=1S/C25H24FN3O5/c1-15(30)20-13-28(21-8-7-17(25(33)34)9-19(20)21)14-23(31)29-12-18(26)10-22(29)24(32)27-11-16-5-3-2-4-6-16/h2-9,13,18,22H,10-12,14H2,1H3,(H,27,32)(H,33,34)/t18-,22+/m1/s1. The quantitative estimate of drug-likeness (QED) is 0.522. The number of carbonyl (C=O) groups excluding carboxylic acids is 3. The predicted molar refractivity (Wildman–Crippen MR) is 122 cm³/mol. The summed E-state index contributed by atoms with van der Waals surface area (Å²) in [6.45, 7) is 1.22. The number of hydrogen-bond donors (Lipinski definition) is 2. The Morgan fingerprint density at radius 2 is 1.85 bits per heavy atom. The van der Waals surface area contributed by atoms with Gasteiger partial charge in [-0.05, 0) is 30.7 Å². The van der Waals surface area contributed by atoms with Gasteiger partial charge in [-0.15, -0.1) is 0 Å². The van der Waals surface area contributed by atoms with Crippen molar-refractivity contribution in [3.8, 4) is 0 Å². The number of carbonyl (C=O) groups is 4. The van der Waals surface area contributed by atoms with Crippen molar-refractivity contribution in [1.29, 1.82) is 0 Å². The Balaban J connectivity index is 1.54. The van der Waals surface area contributed by atoms with E-state index in [1.165, 1.54) is 40.8 Å². The molecule has 1 aromatic heterocycles. The summed E-state index contributed by atoms with van der Waals surface area (Å²) < 4.78 is 15.8. The normalized spacial score (nSPS) is 17.6. The second kappa shape index (κ2) is 9.46. The number of hydrogen-bond acceptors (Lipinski definition) is 4. The SMILES string of the molecule is CC(=O)c1cn(CC(=O)N2C[C@H](F)C[C@H]2C(=O)NCc2ccccc2)c2ccc(C(=O)O)cc12. The van der Waals surface area contributed by atoms with Crippen LogP contribution in [0.4, 0.5) is 4.39 Å². The Kier molecular flexibility index (Phi) is 6.45. The summed E-state index contributed by atoms with van der Waals surface area (Å²) in [5.74, 6) is -2.29. The van der Waals surface area contributed by atoms with E-state index in [1.54, 1.807) is 0 Å². The van der Waals surface area contributed by atoms with E-state index >= 15 is 0 Å². The van der Waals surface area contributed by atoms with Gasteiger partial charge >= 0.3 is 5.97 Å². The maximum absolute atomic E-state index is 14.2. The van der Waals surface area contributed by atoms with Gasteiger partial charge in [0, 0.05) is 35.6 Å². The first-order valence-electron chi connectivity index (χ1n) is 10.9. The minimum absolute atomic E-state index is 0.0223. The summed E-state index contributed by atoms with van der Waals surface area (Å²) in [7, 11) is 0. The highest BCUT2D eigenvalue weighted by atomic mass is 19.1. The number of nitrogens with one attached hydrogen (secondary N) is 1. The van der Waals surface area contributed by atoms with Crippen LogP contribution in [0.3, 0.4) is 0 Å². The van der Waals surface area contributed by atoms with Crippen LogP contribution in [0.15, 0.2) is 54.7 Å². The van der Waals surface area contributed by atoms with E-state index in [0.29, 0.717) is 10.9 Å². The molecule has 2 N–H and O–H groups in total. The van der Waals surface area contributed by atoms with Crippen molar-refractivity contribution in [2.24, 2.45) is 0 Å². The third-order valence-electron chi connectivity index (χ3n) is 6.00. The van der Waals surface area contributed by atoms with Crippen LogP contribution in [-0.2, 0) is 22.7 Å². The van der Waals surface area contributed by atoms with E-state index in [0.717, 1.165) is 5.56 Å². The molecule has 2 aromatic carbocycles. The third kappa shape index (κ3) is 4.68. The molecule has 176 valence electrons. The van der Waals surface area contributed by atoms with Crippen molar-refractivity contribution in [2.45, 2.75) is 38.6 Å². The molecule has 0 radical (unpaired) electrons. The summed E-state index contributed by atoms with van der Waals surface area (Å²) in [4.78, 5) is 50.6. The van der Waals surface area contributed by atoms with Crippen molar-refractivity contribution in [3.05, 3.63) is 71.4 Å². The number of aromatic nitrogens is 1. The first kappa shape index (κ1) is 23.2. The summed E-state index contributed by atoms with van der Waals surface area (Å²) >= 11 is 0. The molecule has 4 rings (SSSR count). The second-order valence-electron chi connectivity index (χ2n) is 8.36. The largest absolute Gasteiger partial charge is 0.478 e. The van der Waals surface area contributed by atoms with Gasteiger partial charge in [0.15, 0.2) is 5.78 Å². The highest BCUT2D eigenvalue weighted by Crippen LogP contribution is 2.26. The minimum atomic E-state index is -1.32. The van der Waals surface area contributed by atoms with Crippen LogP contribution >= 0.6 is 0 Å². The van der Waals surface area contributed by atoms with E-state index in [9.17, 15) is 28.7 Å². The molecule has 1 aliphatic heterocycles. The molecule has 9 heteroatoms. The number of benzene rings is 2. The van der Waals surface area contributed by atoms with Crippen LogP contribution in [0, 0.1) is 0 Å². The predicted octanol–water partition coefficient (Wildman–Crippen LogP) is 2.80. The number of likely N-dealkylation sites (tertiary alicyclic amines) is 1. The lowest BCUT2D eigenvalue weighted by molar-refractivity contribution is -0.139. The van der Waals surface area contributed by atoms with E-state index in [1.807, 2.05) is 30.3 Å². The molecule has 0 saturated carbocycles. The molecular formula is C25H24FN3O5. The highest BCUT2D eigenvalue weighted by Gasteiger charge is 2.39. The fourth-order valence-electron chi connectivity index (χ4n) is 4.29. The van der Waals surface area contributed by atoms with E-state index in [2.05, 4.69) is 5.32 Å². The van der Waals surface area contributed by atoms with Crippen LogP contribution in [0.2, 0.25) is 0 Å². The third-order valence-corrected chi connectivity index (χ3v) is 6.00. The Bertz CT molecular complexity index is 1270. The number of aromatic carboxylic acids is 1. The number of fused-ring (bicyclic) bond motifs is 1. The lowest BCUT2D eigenvalue weighted by atomic mass is 10.1. The lowest BCUT2D eigenvalue weighted by Gasteiger charge is -2.24. The van der Waals surface area contributed by atoms with Gasteiger partial charge in [-0.25, -0.2) is 9.18 Å². The van der Waals surface area contributed by atoms with Gasteiger partial charge in [-0.3, -0.25) is 14.4 Å². The number of ketones is 1. The van der Waals surface area contributed by atoms with Crippen molar-refractivity contribution < 1.29 is 28.7 Å². The molecule has 2 atom stereocenters. The molecule has 0 unspecified atom stereocenters. The van der Waals surface area contributed by atoms with E-state index in [-0.39, 0.29) is 43.0 Å². The topological polar surface area (TPSA) is 109 Å². The summed E-state index contributed by atoms with van der Waals surface area (Å²) in [6, 6.07) is 12.7. The first-order chi connectivity index (χ1) is 16.2. The minimum Gasteiger partial charge on any atom is -0.478 e. The smallest absolute Gasteiger partial charge is 0.335 e. The maximum Gasteiger partial charge on any atom is 0.335 e. The number of rotatable bonds is 7. The Hall–Kier alpha value is -4.01. The van der Waals surface area contributed by atoms with Crippen molar-refractivity contribution in [3.63, 3.8) is 0 Å². The zero-order chi connectivity index (χ0) is 24.4. The molecule has 8 nitrogen and oxygen atoms in total. The lowest BCUT2D eigenvalue weighted by Crippen LogP contribution is -2.46. The number of carboxylic acids is 1. The van der Waals surface area contributed by atoms with Crippen LogP contribution in [0.25, 0.3) is 10.9 Å². The molecule has 0 bridgehead atoms. The highest BCUT2D eigenvalue weighted by molar-refractivity contribution is 6.08. The van der Waals surface area contributed by atoms with Gasteiger partial charge in [0.05, 0.1) is 12.1 Å². The molecule has 1 saturated heterocycles. The molecule has 1 fully saturated rings. The Morgan fingerprint density at radius 3 is 2.53 bits per heavy atom. The first-order valence-corrected chi connectivity index (χ1v) is 10.9. The fourth-order valence-corrected chi connectivity index (χ4v) is 4.29. The van der Waals surface area contributed by atoms with Crippen LogP contribution in [0.5, 0.6) is 0 Å². The van der Waals surface area contributed by atoms with Crippen molar-refractivity contribution >= 4 is 34.5 Å². The van der Waals surface area contributed by atoms with Crippen molar-refractivity contribution in [1.82, 2.24) is 14.8 Å². The molecular weight excluding hydrogens is 441 g/mol. The fraction of sp³-hybridized carbons (Fsp3) is 0.280. The summed E-state index contributed by atoms with van der Waals surface area (Å²) in [5, 5.41) is 12.5. The molecule has 0 spiro atoms. The monoisotopic (exact) mass is 465 g/mol. The Labute approximate surface area is 195 Å². The number of halogens is 1. The van der Waals surface area contributed by atoms with E-state index < -0.39 is 30.0 Å². The molecule has 34 heavy (non-hydrogen) atoms. The van der Waals surface area contributed by atoms with Gasteiger partial charge in [0.2, 0.25) is 11.8 Å². The Morgan fingerprint density at radius 1 is 1.12 bits per heavy atom. The number of nitrogens with zero attached hydrogens (tertiary/aromatic N) is 2. The number of carboxylic acid groups (broad SMARTS) is 1. The van der Waals surface area contributed by atoms with Gasteiger partial charge < -0.3 is 19.9 Å². The average molecular weight is 465 g/mol. The molecule has 2 heterocycles. The number of amides is 2. The van der Waals surface area contributed by atoms with Crippen molar-refractivity contribution in [2.75, 3.05) is 6.54 Å². The molecule has 2 amide bonds. The average Bonchev–Trinajstić information content (AvgIpc) is 3.38. The molecule has 1 aliphatic rings. The van der Waals surface area contributed by atoms with Crippen LogP contribution < -0.4 is 5.32 Å².